The number of aliphatic hydroxyl groups excluding tert-OH is 1. The van der Waals surface area contributed by atoms with Crippen LogP contribution in [0.5, 0.6) is 0 Å². The van der Waals surface area contributed by atoms with Crippen LogP contribution in [0.1, 0.15) is 79.9 Å². The highest BCUT2D eigenvalue weighted by atomic mass is 16.6. The third-order valence-electron chi connectivity index (χ3n) is 9.74. The number of amides is 4. The average molecular weight is 648 g/mol. The van der Waals surface area contributed by atoms with Gasteiger partial charge in [0.15, 0.2) is 0 Å². The van der Waals surface area contributed by atoms with Crippen LogP contribution >= 0.6 is 0 Å². The average Bonchev–Trinajstić information content (AvgIpc) is 3.34. The number of likely N-dealkylation sites (tertiary alicyclic amines) is 1. The number of piperidine rings is 3. The number of hydrogen-bond acceptors (Lipinski definition) is 9. The van der Waals surface area contributed by atoms with Gasteiger partial charge >= 0.3 is 6.09 Å². The maximum Gasteiger partial charge on any atom is 0.407 e. The lowest BCUT2D eigenvalue weighted by atomic mass is 9.83. The van der Waals surface area contributed by atoms with Crippen LogP contribution in [0, 0.1) is 0 Å². The molecule has 12 nitrogen and oxygen atoms in total. The van der Waals surface area contributed by atoms with Gasteiger partial charge in [0.25, 0.3) is 5.91 Å². The molecular weight excluding hydrogens is 602 g/mol. The molecule has 0 radical (unpaired) electrons. The van der Waals surface area contributed by atoms with Gasteiger partial charge in [0.05, 0.1) is 17.7 Å². The number of rotatable bonds is 6. The van der Waals surface area contributed by atoms with Crippen LogP contribution in [0.4, 0.5) is 10.5 Å². The number of anilines is 1. The predicted octanol–water partition coefficient (Wildman–Crippen LogP) is 2.40. The monoisotopic (exact) mass is 647 g/mol. The van der Waals surface area contributed by atoms with Crippen molar-refractivity contribution in [3.63, 3.8) is 0 Å². The van der Waals surface area contributed by atoms with E-state index in [-0.39, 0.29) is 30.8 Å². The number of carbonyl (C=O) groups is 4. The molecule has 4 aliphatic heterocycles. The molecule has 12 heteroatoms. The highest BCUT2D eigenvalue weighted by Gasteiger charge is 2.41. The van der Waals surface area contributed by atoms with Crippen molar-refractivity contribution in [2.24, 2.45) is 0 Å². The summed E-state index contributed by atoms with van der Waals surface area (Å²) < 4.78 is 5.33. The third-order valence-corrected chi connectivity index (χ3v) is 9.74. The Morgan fingerprint density at radius 3 is 2.43 bits per heavy atom. The number of ether oxygens (including phenoxy) is 1. The van der Waals surface area contributed by atoms with Crippen molar-refractivity contribution in [1.29, 1.82) is 0 Å². The third kappa shape index (κ3) is 7.29. The van der Waals surface area contributed by atoms with Crippen molar-refractivity contribution in [2.45, 2.75) is 95.4 Å². The van der Waals surface area contributed by atoms with E-state index in [4.69, 9.17) is 4.74 Å². The van der Waals surface area contributed by atoms with E-state index in [2.05, 4.69) is 44.7 Å². The van der Waals surface area contributed by atoms with Gasteiger partial charge in [-0.25, -0.2) is 4.79 Å². The Morgan fingerprint density at radius 1 is 1.04 bits per heavy atom. The van der Waals surface area contributed by atoms with E-state index in [9.17, 15) is 29.4 Å². The zero-order chi connectivity index (χ0) is 33.5. The Morgan fingerprint density at radius 2 is 1.77 bits per heavy atom. The van der Waals surface area contributed by atoms with Gasteiger partial charge in [-0.15, -0.1) is 0 Å². The van der Waals surface area contributed by atoms with E-state index in [0.29, 0.717) is 57.4 Å². The molecule has 0 saturated carbocycles. The van der Waals surface area contributed by atoms with Crippen molar-refractivity contribution in [3.8, 4) is 0 Å². The molecule has 2 aromatic rings. The van der Waals surface area contributed by atoms with Crippen LogP contribution in [0.25, 0.3) is 0 Å². The maximum atomic E-state index is 13.1. The summed E-state index contributed by atoms with van der Waals surface area (Å²) >= 11 is 0. The molecule has 4 heterocycles. The zero-order valence-electron chi connectivity index (χ0n) is 27.3. The Hall–Kier alpha value is -4.00. The van der Waals surface area contributed by atoms with E-state index in [1.165, 1.54) is 4.90 Å². The minimum Gasteiger partial charge on any atom is -0.444 e. The van der Waals surface area contributed by atoms with Crippen LogP contribution in [0.3, 0.4) is 0 Å². The van der Waals surface area contributed by atoms with Crippen LogP contribution in [-0.4, -0.2) is 93.8 Å². The Kier molecular flexibility index (Phi) is 9.03. The SMILES string of the molecule is CC(C)(C)OC(=O)N[C@@H]1CCN(c2ccc(CN3CCC(O)(c4ccc5c(c4)CN(C4CCC(=O)NC4=O)C5=O)CC3)cc2)C[C@H]1O. The summed E-state index contributed by atoms with van der Waals surface area (Å²) in [5, 5.41) is 27.5. The number of β-amino-alcohol motifs (C(OH)–C–C–N with tert-alkyl or cyclic N) is 1. The number of alkyl carbamates (subject to hydrolysis) is 1. The molecule has 4 amide bonds. The fourth-order valence-corrected chi connectivity index (χ4v) is 7.10. The van der Waals surface area contributed by atoms with Crippen molar-refractivity contribution >= 4 is 29.5 Å². The molecule has 1 unspecified atom stereocenters. The second-order valence-electron chi connectivity index (χ2n) is 14.3. The minimum absolute atomic E-state index is 0.210. The first-order valence-corrected chi connectivity index (χ1v) is 16.5. The largest absolute Gasteiger partial charge is 0.444 e. The Balaban J connectivity index is 0.998. The Bertz CT molecular complexity index is 1530. The summed E-state index contributed by atoms with van der Waals surface area (Å²) in [5.41, 5.74) is 2.69. The van der Waals surface area contributed by atoms with Gasteiger partial charge in [-0.05, 0) is 81.3 Å². The lowest BCUT2D eigenvalue weighted by Crippen LogP contribution is -2.54. The summed E-state index contributed by atoms with van der Waals surface area (Å²) in [6.07, 6.45) is 1.02. The molecular formula is C35H45N5O7. The van der Waals surface area contributed by atoms with Gasteiger partial charge < -0.3 is 30.1 Å². The lowest BCUT2D eigenvalue weighted by molar-refractivity contribution is -0.136. The summed E-state index contributed by atoms with van der Waals surface area (Å²) in [4.78, 5) is 55.2. The summed E-state index contributed by atoms with van der Waals surface area (Å²) in [7, 11) is 0. The number of benzene rings is 2. The van der Waals surface area contributed by atoms with Crippen LogP contribution < -0.4 is 15.5 Å². The zero-order valence-corrected chi connectivity index (χ0v) is 27.3. The van der Waals surface area contributed by atoms with Gasteiger partial charge in [-0.2, -0.15) is 0 Å². The van der Waals surface area contributed by atoms with E-state index < -0.39 is 35.3 Å². The number of fused-ring (bicyclic) bond motifs is 1. The summed E-state index contributed by atoms with van der Waals surface area (Å²) in [6, 6.07) is 12.8. The van der Waals surface area contributed by atoms with Crippen molar-refractivity contribution in [2.75, 3.05) is 31.1 Å². The molecule has 0 aromatic heterocycles. The molecule has 0 aliphatic carbocycles. The van der Waals surface area contributed by atoms with Gasteiger partial charge in [-0.3, -0.25) is 24.6 Å². The predicted molar refractivity (Wildman–Crippen MR) is 173 cm³/mol. The van der Waals surface area contributed by atoms with Crippen LogP contribution in [0.2, 0.25) is 0 Å². The van der Waals surface area contributed by atoms with Gasteiger partial charge in [0.2, 0.25) is 11.8 Å². The van der Waals surface area contributed by atoms with Crippen molar-refractivity contribution < 1.29 is 34.1 Å². The second-order valence-corrected chi connectivity index (χ2v) is 14.3. The lowest BCUT2D eigenvalue weighted by Gasteiger charge is -2.39. The van der Waals surface area contributed by atoms with Crippen LogP contribution in [0.15, 0.2) is 42.5 Å². The molecule has 2 aromatic carbocycles. The number of imide groups is 1. The first-order valence-electron chi connectivity index (χ1n) is 16.5. The molecule has 4 aliphatic rings. The van der Waals surface area contributed by atoms with Gasteiger partial charge in [-0.1, -0.05) is 24.3 Å². The Labute approximate surface area is 275 Å². The molecule has 0 spiro atoms. The van der Waals surface area contributed by atoms with Gasteiger partial charge in [0, 0.05) is 56.9 Å². The first kappa shape index (κ1) is 32.9. The summed E-state index contributed by atoms with van der Waals surface area (Å²) in [5.74, 6) is -0.965. The molecule has 3 fully saturated rings. The normalized spacial score (nSPS) is 25.0. The van der Waals surface area contributed by atoms with E-state index >= 15 is 0 Å². The molecule has 0 bridgehead atoms. The van der Waals surface area contributed by atoms with E-state index in [0.717, 1.165) is 28.9 Å². The molecule has 47 heavy (non-hydrogen) atoms. The number of hydrogen-bond donors (Lipinski definition) is 4. The number of nitrogens with one attached hydrogen (secondary N) is 2. The topological polar surface area (TPSA) is 152 Å². The fourth-order valence-electron chi connectivity index (χ4n) is 7.10. The quantitative estimate of drug-likeness (QED) is 0.347. The molecule has 252 valence electrons. The number of nitrogens with zero attached hydrogens (tertiary/aromatic N) is 3. The second kappa shape index (κ2) is 12.9. The van der Waals surface area contributed by atoms with Crippen molar-refractivity contribution in [1.82, 2.24) is 20.4 Å². The minimum atomic E-state index is -1.01. The van der Waals surface area contributed by atoms with Crippen LogP contribution in [-0.2, 0) is 33.0 Å². The molecule has 3 atom stereocenters. The first-order chi connectivity index (χ1) is 22.3. The van der Waals surface area contributed by atoms with Crippen molar-refractivity contribution in [3.05, 3.63) is 64.7 Å². The highest BCUT2D eigenvalue weighted by Crippen LogP contribution is 2.37. The van der Waals surface area contributed by atoms with E-state index in [1.807, 2.05) is 32.9 Å². The van der Waals surface area contributed by atoms with E-state index in [1.54, 1.807) is 6.07 Å². The molecule has 6 rings (SSSR count). The summed E-state index contributed by atoms with van der Waals surface area (Å²) in [6.45, 7) is 8.99. The maximum absolute atomic E-state index is 13.1. The molecule has 3 saturated heterocycles. The standard InChI is InChI=1S/C35H45N5O7/c1-34(2,3)47-33(45)36-27-12-15-39(21-29(27)41)25-7-4-22(5-8-25)19-38-16-13-35(46,14-17-38)24-6-9-26-23(18-24)20-40(32(26)44)28-10-11-30(42)37-31(28)43/h4-9,18,27-29,41,46H,10-17,19-21H2,1-3H3,(H,36,45)(H,37,42,43)/t27-,28?,29-/m1/s1. The fraction of sp³-hybridized carbons (Fsp3) is 0.543. The smallest absolute Gasteiger partial charge is 0.407 e. The highest BCUT2D eigenvalue weighted by molar-refractivity contribution is 6.05. The number of aliphatic hydroxyl groups is 2. The number of carbonyl (C=O) groups excluding carboxylic acids is 4. The van der Waals surface area contributed by atoms with Gasteiger partial charge in [0.1, 0.15) is 11.6 Å². The molecule has 4 N–H and O–H groups in total.